The Morgan fingerprint density at radius 1 is 1.44 bits per heavy atom. The Balaban J connectivity index is 2.24. The molecule has 0 aliphatic heterocycles. The van der Waals surface area contributed by atoms with Crippen LogP contribution in [0.15, 0.2) is 24.3 Å². The van der Waals surface area contributed by atoms with Gasteiger partial charge in [0.05, 0.1) is 18.1 Å². The van der Waals surface area contributed by atoms with Gasteiger partial charge in [0.1, 0.15) is 11.5 Å². The lowest BCUT2D eigenvalue weighted by molar-refractivity contribution is 0.609. The van der Waals surface area contributed by atoms with Crippen LogP contribution in [0.1, 0.15) is 17.0 Å². The van der Waals surface area contributed by atoms with Crippen molar-refractivity contribution in [3.05, 3.63) is 47.0 Å². The number of nitrogens with zero attached hydrogens (tertiary/aromatic N) is 3. The van der Waals surface area contributed by atoms with Gasteiger partial charge in [0, 0.05) is 0 Å². The molecule has 0 spiro atoms. The highest BCUT2D eigenvalue weighted by Gasteiger charge is 2.07. The molecule has 84 valence electrons. The van der Waals surface area contributed by atoms with E-state index in [2.05, 4.69) is 10.3 Å². The lowest BCUT2D eigenvalue weighted by Gasteiger charge is -2.03. The molecule has 1 aromatic carbocycles. The van der Waals surface area contributed by atoms with Crippen LogP contribution in [-0.2, 0) is 12.4 Å². The minimum atomic E-state index is -0.243. The zero-order valence-electron chi connectivity index (χ0n) is 8.82. The summed E-state index contributed by atoms with van der Waals surface area (Å²) in [7, 11) is 0. The number of benzene rings is 1. The first-order valence-corrected chi connectivity index (χ1v) is 5.43. The third-order valence-corrected chi connectivity index (χ3v) is 2.68. The van der Waals surface area contributed by atoms with E-state index in [1.165, 1.54) is 12.1 Å². The lowest BCUT2D eigenvalue weighted by atomic mass is 10.2. The maximum atomic E-state index is 13.0. The van der Waals surface area contributed by atoms with Crippen molar-refractivity contribution in [3.8, 4) is 0 Å². The third kappa shape index (κ3) is 2.22. The summed E-state index contributed by atoms with van der Waals surface area (Å²) < 4.78 is 14.7. The molecule has 0 amide bonds. The van der Waals surface area contributed by atoms with Crippen molar-refractivity contribution in [2.75, 3.05) is 0 Å². The van der Waals surface area contributed by atoms with Gasteiger partial charge in [-0.15, -0.1) is 16.7 Å². The third-order valence-electron chi connectivity index (χ3n) is 2.43. The van der Waals surface area contributed by atoms with Gasteiger partial charge in [-0.05, 0) is 24.6 Å². The first kappa shape index (κ1) is 11.1. The van der Waals surface area contributed by atoms with Crippen LogP contribution < -0.4 is 0 Å². The van der Waals surface area contributed by atoms with Crippen LogP contribution in [-0.4, -0.2) is 15.0 Å². The Labute approximate surface area is 97.8 Å². The SMILES string of the molecule is Cc1c(CCl)nnn1Cc1cccc(F)c1. The van der Waals surface area contributed by atoms with Crippen molar-refractivity contribution >= 4 is 11.6 Å². The van der Waals surface area contributed by atoms with Gasteiger partial charge in [-0.3, -0.25) is 0 Å². The molecular formula is C11H11ClFN3. The normalized spacial score (nSPS) is 10.7. The number of halogens is 2. The second kappa shape index (κ2) is 4.61. The summed E-state index contributed by atoms with van der Waals surface area (Å²) in [5, 5.41) is 7.91. The van der Waals surface area contributed by atoms with Gasteiger partial charge in [0.15, 0.2) is 0 Å². The van der Waals surface area contributed by atoms with Crippen LogP contribution in [0.3, 0.4) is 0 Å². The van der Waals surface area contributed by atoms with Crippen molar-refractivity contribution in [1.29, 1.82) is 0 Å². The predicted molar refractivity (Wildman–Crippen MR) is 59.8 cm³/mol. The largest absolute Gasteiger partial charge is 0.245 e. The summed E-state index contributed by atoms with van der Waals surface area (Å²) in [6, 6.07) is 6.44. The van der Waals surface area contributed by atoms with Crippen LogP contribution in [0.25, 0.3) is 0 Å². The van der Waals surface area contributed by atoms with Crippen molar-refractivity contribution in [3.63, 3.8) is 0 Å². The van der Waals surface area contributed by atoms with Gasteiger partial charge in [0.2, 0.25) is 0 Å². The quantitative estimate of drug-likeness (QED) is 0.771. The van der Waals surface area contributed by atoms with Gasteiger partial charge in [-0.25, -0.2) is 9.07 Å². The van der Waals surface area contributed by atoms with Crippen molar-refractivity contribution < 1.29 is 4.39 Å². The van der Waals surface area contributed by atoms with E-state index in [1.807, 2.05) is 13.0 Å². The molecule has 5 heteroatoms. The molecule has 0 atom stereocenters. The van der Waals surface area contributed by atoms with Crippen LogP contribution >= 0.6 is 11.6 Å². The average Bonchev–Trinajstić information content (AvgIpc) is 2.60. The highest BCUT2D eigenvalue weighted by atomic mass is 35.5. The second-order valence-electron chi connectivity index (χ2n) is 3.54. The van der Waals surface area contributed by atoms with E-state index in [0.29, 0.717) is 12.4 Å². The molecular weight excluding hydrogens is 229 g/mol. The monoisotopic (exact) mass is 239 g/mol. The molecule has 0 N–H and O–H groups in total. The second-order valence-corrected chi connectivity index (χ2v) is 3.81. The van der Waals surface area contributed by atoms with E-state index in [-0.39, 0.29) is 5.82 Å². The minimum Gasteiger partial charge on any atom is -0.245 e. The molecule has 0 saturated heterocycles. The Kier molecular flexibility index (Phi) is 3.19. The standard InChI is InChI=1S/C11H11ClFN3/c1-8-11(6-12)14-15-16(8)7-9-3-2-4-10(13)5-9/h2-5H,6-7H2,1H3. The average molecular weight is 240 g/mol. The molecule has 2 aromatic rings. The van der Waals surface area contributed by atoms with Crippen LogP contribution in [0, 0.1) is 12.7 Å². The summed E-state index contributed by atoms with van der Waals surface area (Å²) in [6.07, 6.45) is 0. The summed E-state index contributed by atoms with van der Waals surface area (Å²) in [5.41, 5.74) is 2.53. The van der Waals surface area contributed by atoms with Crippen molar-refractivity contribution in [2.45, 2.75) is 19.3 Å². The van der Waals surface area contributed by atoms with Crippen LogP contribution in [0.4, 0.5) is 4.39 Å². The number of aromatic nitrogens is 3. The molecule has 16 heavy (non-hydrogen) atoms. The molecule has 0 aliphatic carbocycles. The molecule has 1 aromatic heterocycles. The highest BCUT2D eigenvalue weighted by molar-refractivity contribution is 6.16. The van der Waals surface area contributed by atoms with E-state index >= 15 is 0 Å². The molecule has 0 radical (unpaired) electrons. The summed E-state index contributed by atoms with van der Waals surface area (Å²) >= 11 is 5.70. The Morgan fingerprint density at radius 3 is 2.88 bits per heavy atom. The lowest BCUT2D eigenvalue weighted by Crippen LogP contribution is -2.04. The van der Waals surface area contributed by atoms with E-state index in [0.717, 1.165) is 17.0 Å². The first-order chi connectivity index (χ1) is 7.70. The maximum Gasteiger partial charge on any atom is 0.123 e. The Bertz CT molecular complexity index is 496. The molecule has 1 heterocycles. The topological polar surface area (TPSA) is 30.7 Å². The molecule has 0 fully saturated rings. The zero-order valence-corrected chi connectivity index (χ0v) is 9.58. The molecule has 2 rings (SSSR count). The molecule has 0 aliphatic rings. The van der Waals surface area contributed by atoms with Crippen LogP contribution in [0.2, 0.25) is 0 Å². The van der Waals surface area contributed by atoms with E-state index in [9.17, 15) is 4.39 Å². The van der Waals surface area contributed by atoms with Gasteiger partial charge < -0.3 is 0 Å². The molecule has 0 bridgehead atoms. The van der Waals surface area contributed by atoms with E-state index < -0.39 is 0 Å². The predicted octanol–water partition coefficient (Wildman–Crippen LogP) is 2.51. The van der Waals surface area contributed by atoms with E-state index in [1.54, 1.807) is 10.7 Å². The minimum absolute atomic E-state index is 0.243. The zero-order chi connectivity index (χ0) is 11.5. The number of hydrogen-bond acceptors (Lipinski definition) is 2. The Morgan fingerprint density at radius 2 is 2.25 bits per heavy atom. The molecule has 0 unspecified atom stereocenters. The van der Waals surface area contributed by atoms with Gasteiger partial charge in [-0.1, -0.05) is 17.3 Å². The maximum absolute atomic E-state index is 13.0. The van der Waals surface area contributed by atoms with Gasteiger partial charge in [-0.2, -0.15) is 0 Å². The first-order valence-electron chi connectivity index (χ1n) is 4.90. The van der Waals surface area contributed by atoms with Gasteiger partial charge >= 0.3 is 0 Å². The fourth-order valence-electron chi connectivity index (χ4n) is 1.48. The number of hydrogen-bond donors (Lipinski definition) is 0. The summed E-state index contributed by atoms with van der Waals surface area (Å²) in [6.45, 7) is 2.41. The van der Waals surface area contributed by atoms with Gasteiger partial charge in [0.25, 0.3) is 0 Å². The van der Waals surface area contributed by atoms with Crippen LogP contribution in [0.5, 0.6) is 0 Å². The van der Waals surface area contributed by atoms with Crippen molar-refractivity contribution in [2.24, 2.45) is 0 Å². The number of alkyl halides is 1. The fourth-order valence-corrected chi connectivity index (χ4v) is 1.73. The summed E-state index contributed by atoms with van der Waals surface area (Å²) in [4.78, 5) is 0. The smallest absolute Gasteiger partial charge is 0.123 e. The fraction of sp³-hybridized carbons (Fsp3) is 0.273. The number of rotatable bonds is 3. The summed E-state index contributed by atoms with van der Waals surface area (Å²) in [5.74, 6) is 0.0995. The van der Waals surface area contributed by atoms with E-state index in [4.69, 9.17) is 11.6 Å². The molecule has 3 nitrogen and oxygen atoms in total. The van der Waals surface area contributed by atoms with Crippen molar-refractivity contribution in [1.82, 2.24) is 15.0 Å². The molecule has 0 saturated carbocycles. The Hall–Kier alpha value is -1.42. The highest BCUT2D eigenvalue weighted by Crippen LogP contribution is 2.10.